The van der Waals surface area contributed by atoms with Crippen molar-refractivity contribution in [2.75, 3.05) is 13.2 Å². The van der Waals surface area contributed by atoms with Gasteiger partial charge in [0, 0.05) is 6.54 Å². The standard InChI is InChI=1S/C22H29NO4/c1-5-18-10-8-9-11-19(18)27-16(4)22(24)23-15-17-12-13-20(25-6-2)21(14-17)26-7-3/h8-14,16H,5-7,15H2,1-4H3,(H,23,24). The maximum absolute atomic E-state index is 12.4. The molecule has 1 amide bonds. The highest BCUT2D eigenvalue weighted by atomic mass is 16.5. The van der Waals surface area contributed by atoms with Gasteiger partial charge in [0.25, 0.3) is 5.91 Å². The Bertz CT molecular complexity index is 745. The van der Waals surface area contributed by atoms with Crippen molar-refractivity contribution in [1.82, 2.24) is 5.32 Å². The van der Waals surface area contributed by atoms with Gasteiger partial charge in [0.15, 0.2) is 17.6 Å². The Kier molecular flexibility index (Phi) is 7.99. The molecule has 0 bridgehead atoms. The molecule has 0 spiro atoms. The summed E-state index contributed by atoms with van der Waals surface area (Å²) in [5.74, 6) is 1.99. The van der Waals surface area contributed by atoms with E-state index in [0.717, 1.165) is 23.3 Å². The summed E-state index contributed by atoms with van der Waals surface area (Å²) in [5.41, 5.74) is 2.03. The molecule has 1 atom stereocenters. The van der Waals surface area contributed by atoms with E-state index in [0.29, 0.717) is 31.3 Å². The molecule has 2 aromatic carbocycles. The Labute approximate surface area is 161 Å². The van der Waals surface area contributed by atoms with E-state index in [4.69, 9.17) is 14.2 Å². The van der Waals surface area contributed by atoms with E-state index < -0.39 is 6.10 Å². The van der Waals surface area contributed by atoms with Crippen molar-refractivity contribution in [3.8, 4) is 17.2 Å². The Hall–Kier alpha value is -2.69. The SMILES string of the molecule is CCOc1ccc(CNC(=O)C(C)Oc2ccccc2CC)cc1OCC. The van der Waals surface area contributed by atoms with Crippen LogP contribution in [0.2, 0.25) is 0 Å². The molecule has 0 heterocycles. The van der Waals surface area contributed by atoms with E-state index in [2.05, 4.69) is 12.2 Å². The molecule has 0 saturated carbocycles. The molecule has 5 nitrogen and oxygen atoms in total. The number of aryl methyl sites for hydroxylation is 1. The van der Waals surface area contributed by atoms with Crippen LogP contribution in [0.5, 0.6) is 17.2 Å². The summed E-state index contributed by atoms with van der Waals surface area (Å²) in [6.45, 7) is 9.20. The zero-order valence-corrected chi connectivity index (χ0v) is 16.6. The molecular weight excluding hydrogens is 342 g/mol. The van der Waals surface area contributed by atoms with Gasteiger partial charge in [0.1, 0.15) is 5.75 Å². The summed E-state index contributed by atoms with van der Waals surface area (Å²) < 4.78 is 17.0. The van der Waals surface area contributed by atoms with Gasteiger partial charge in [-0.25, -0.2) is 0 Å². The average Bonchev–Trinajstić information content (AvgIpc) is 2.68. The second kappa shape index (κ2) is 10.5. The Balaban J connectivity index is 1.97. The Morgan fingerprint density at radius 3 is 2.37 bits per heavy atom. The maximum Gasteiger partial charge on any atom is 0.261 e. The van der Waals surface area contributed by atoms with Crippen LogP contribution in [-0.2, 0) is 17.8 Å². The zero-order valence-electron chi connectivity index (χ0n) is 16.6. The van der Waals surface area contributed by atoms with Gasteiger partial charge in [-0.05, 0) is 56.5 Å². The monoisotopic (exact) mass is 371 g/mol. The first kappa shape index (κ1) is 20.6. The molecular formula is C22H29NO4. The summed E-state index contributed by atoms with van der Waals surface area (Å²) in [6, 6.07) is 13.5. The minimum absolute atomic E-state index is 0.159. The van der Waals surface area contributed by atoms with Gasteiger partial charge in [-0.3, -0.25) is 4.79 Å². The number of benzene rings is 2. The van der Waals surface area contributed by atoms with E-state index in [1.54, 1.807) is 6.92 Å². The highest BCUT2D eigenvalue weighted by Gasteiger charge is 2.16. The molecule has 27 heavy (non-hydrogen) atoms. The molecule has 2 aromatic rings. The quantitative estimate of drug-likeness (QED) is 0.682. The minimum Gasteiger partial charge on any atom is -0.490 e. The van der Waals surface area contributed by atoms with Crippen molar-refractivity contribution in [1.29, 1.82) is 0 Å². The number of para-hydroxylation sites is 1. The van der Waals surface area contributed by atoms with Crippen molar-refractivity contribution < 1.29 is 19.0 Å². The van der Waals surface area contributed by atoms with Crippen molar-refractivity contribution >= 4 is 5.91 Å². The lowest BCUT2D eigenvalue weighted by Gasteiger charge is -2.17. The van der Waals surface area contributed by atoms with Gasteiger partial charge in [-0.2, -0.15) is 0 Å². The summed E-state index contributed by atoms with van der Waals surface area (Å²) in [7, 11) is 0. The first-order valence-corrected chi connectivity index (χ1v) is 9.49. The summed E-state index contributed by atoms with van der Waals surface area (Å²) in [5, 5.41) is 2.92. The van der Waals surface area contributed by atoms with Crippen LogP contribution in [0, 0.1) is 0 Å². The fraction of sp³-hybridized carbons (Fsp3) is 0.409. The van der Waals surface area contributed by atoms with Crippen LogP contribution >= 0.6 is 0 Å². The smallest absolute Gasteiger partial charge is 0.261 e. The number of hydrogen-bond donors (Lipinski definition) is 1. The second-order valence-electron chi connectivity index (χ2n) is 6.09. The first-order chi connectivity index (χ1) is 13.1. The molecule has 0 aliphatic heterocycles. The Morgan fingerprint density at radius 1 is 0.963 bits per heavy atom. The van der Waals surface area contributed by atoms with E-state index >= 15 is 0 Å². The van der Waals surface area contributed by atoms with E-state index in [1.165, 1.54) is 0 Å². The largest absolute Gasteiger partial charge is 0.490 e. The van der Waals surface area contributed by atoms with Crippen molar-refractivity contribution in [3.05, 3.63) is 53.6 Å². The fourth-order valence-electron chi connectivity index (χ4n) is 2.69. The third-order valence-corrected chi connectivity index (χ3v) is 4.10. The number of rotatable bonds is 10. The second-order valence-corrected chi connectivity index (χ2v) is 6.09. The van der Waals surface area contributed by atoms with Crippen molar-refractivity contribution in [2.24, 2.45) is 0 Å². The van der Waals surface area contributed by atoms with Gasteiger partial charge in [-0.15, -0.1) is 0 Å². The molecule has 1 N–H and O–H groups in total. The Morgan fingerprint density at radius 2 is 1.67 bits per heavy atom. The molecule has 5 heteroatoms. The van der Waals surface area contributed by atoms with Crippen LogP contribution < -0.4 is 19.5 Å². The highest BCUT2D eigenvalue weighted by molar-refractivity contribution is 5.80. The molecule has 146 valence electrons. The minimum atomic E-state index is -0.577. The van der Waals surface area contributed by atoms with Crippen molar-refractivity contribution in [3.63, 3.8) is 0 Å². The van der Waals surface area contributed by atoms with Gasteiger partial charge in [0.05, 0.1) is 13.2 Å². The number of carbonyl (C=O) groups is 1. The lowest BCUT2D eigenvalue weighted by atomic mass is 10.1. The lowest BCUT2D eigenvalue weighted by molar-refractivity contribution is -0.127. The van der Waals surface area contributed by atoms with Crippen LogP contribution in [0.25, 0.3) is 0 Å². The summed E-state index contributed by atoms with van der Waals surface area (Å²) in [6.07, 6.45) is 0.281. The lowest BCUT2D eigenvalue weighted by Crippen LogP contribution is -2.36. The molecule has 1 unspecified atom stereocenters. The van der Waals surface area contributed by atoms with Gasteiger partial charge < -0.3 is 19.5 Å². The maximum atomic E-state index is 12.4. The molecule has 0 saturated heterocycles. The summed E-state index contributed by atoms with van der Waals surface area (Å²) >= 11 is 0. The number of hydrogen-bond acceptors (Lipinski definition) is 4. The molecule has 0 aliphatic carbocycles. The summed E-state index contributed by atoms with van der Waals surface area (Å²) in [4.78, 5) is 12.4. The van der Waals surface area contributed by atoms with Crippen LogP contribution in [-0.4, -0.2) is 25.2 Å². The van der Waals surface area contributed by atoms with Crippen LogP contribution in [0.3, 0.4) is 0 Å². The number of carbonyl (C=O) groups excluding carboxylic acids is 1. The highest BCUT2D eigenvalue weighted by Crippen LogP contribution is 2.28. The molecule has 0 fully saturated rings. The predicted molar refractivity (Wildman–Crippen MR) is 107 cm³/mol. The van der Waals surface area contributed by atoms with Crippen LogP contribution in [0.15, 0.2) is 42.5 Å². The third-order valence-electron chi connectivity index (χ3n) is 4.10. The van der Waals surface area contributed by atoms with Crippen LogP contribution in [0.4, 0.5) is 0 Å². The molecule has 2 rings (SSSR count). The topological polar surface area (TPSA) is 56.8 Å². The fourth-order valence-corrected chi connectivity index (χ4v) is 2.69. The average molecular weight is 371 g/mol. The molecule has 0 aromatic heterocycles. The number of nitrogens with one attached hydrogen (secondary N) is 1. The normalized spacial score (nSPS) is 11.6. The van der Waals surface area contributed by atoms with Crippen LogP contribution in [0.1, 0.15) is 38.8 Å². The number of ether oxygens (including phenoxy) is 3. The third kappa shape index (κ3) is 5.91. The zero-order chi connectivity index (χ0) is 19.6. The predicted octanol–water partition coefficient (Wildman–Crippen LogP) is 4.13. The first-order valence-electron chi connectivity index (χ1n) is 9.49. The van der Waals surface area contributed by atoms with Crippen molar-refractivity contribution in [2.45, 2.75) is 46.8 Å². The number of amides is 1. The van der Waals surface area contributed by atoms with Gasteiger partial charge in [0.2, 0.25) is 0 Å². The molecule has 0 aliphatic rings. The van der Waals surface area contributed by atoms with Gasteiger partial charge >= 0.3 is 0 Å². The van der Waals surface area contributed by atoms with E-state index in [9.17, 15) is 4.79 Å². The van der Waals surface area contributed by atoms with E-state index in [-0.39, 0.29) is 5.91 Å². The van der Waals surface area contributed by atoms with Gasteiger partial charge in [-0.1, -0.05) is 31.2 Å². The van der Waals surface area contributed by atoms with E-state index in [1.807, 2.05) is 56.3 Å². The molecule has 0 radical (unpaired) electrons.